The van der Waals surface area contributed by atoms with Crippen molar-refractivity contribution < 1.29 is 24.1 Å². The summed E-state index contributed by atoms with van der Waals surface area (Å²) < 4.78 is 24.3. The van der Waals surface area contributed by atoms with Crippen molar-refractivity contribution in [2.75, 3.05) is 6.61 Å². The zero-order valence-corrected chi connectivity index (χ0v) is 20.5. The predicted octanol–water partition coefficient (Wildman–Crippen LogP) is 4.89. The van der Waals surface area contributed by atoms with Gasteiger partial charge >= 0.3 is 0 Å². The van der Waals surface area contributed by atoms with Crippen LogP contribution >= 0.6 is 22.6 Å². The van der Waals surface area contributed by atoms with E-state index in [1.807, 2.05) is 91.0 Å². The average Bonchev–Trinajstić information content (AvgIpc) is 3.15. The molecule has 0 saturated carbocycles. The fraction of sp³-hybridized carbons (Fsp3) is 0.333. The highest BCUT2D eigenvalue weighted by Gasteiger charge is 2.47. The van der Waals surface area contributed by atoms with Crippen molar-refractivity contribution in [1.29, 1.82) is 0 Å². The molecule has 5 atom stereocenters. The third-order valence-corrected chi connectivity index (χ3v) is 6.88. The molecule has 1 N–H and O–H groups in total. The average molecular weight is 560 g/mol. The van der Waals surface area contributed by atoms with Crippen LogP contribution in [0.4, 0.5) is 0 Å². The summed E-state index contributed by atoms with van der Waals surface area (Å²) in [5.41, 5.74) is 3.23. The molecule has 1 unspecified atom stereocenters. The molecule has 3 aromatic carbocycles. The third kappa shape index (κ3) is 7.09. The standard InChI is InChI=1S/C27H29IO5/c28-24-26(32-18-22-14-8-3-9-15-22)25(33-27(24)29)23(31-17-21-12-6-2-7-13-21)19-30-16-20-10-4-1-5-11-20/h1-15,23-27,29H,16-19H2/t23?,24-,25+,26+,27+/m0/s1. The van der Waals surface area contributed by atoms with Crippen molar-refractivity contribution in [2.45, 2.75) is 48.3 Å². The van der Waals surface area contributed by atoms with Gasteiger partial charge in [-0.3, -0.25) is 0 Å². The molecule has 174 valence electrons. The first-order chi connectivity index (χ1) is 16.2. The Hall–Kier alpha value is -1.81. The van der Waals surface area contributed by atoms with Crippen molar-refractivity contribution in [1.82, 2.24) is 0 Å². The summed E-state index contributed by atoms with van der Waals surface area (Å²) >= 11 is 2.20. The van der Waals surface area contributed by atoms with Gasteiger partial charge in [0.05, 0.1) is 30.4 Å². The van der Waals surface area contributed by atoms with Crippen LogP contribution in [0.3, 0.4) is 0 Å². The van der Waals surface area contributed by atoms with Crippen LogP contribution in [0.15, 0.2) is 91.0 Å². The second-order valence-corrected chi connectivity index (χ2v) is 9.47. The summed E-state index contributed by atoms with van der Waals surface area (Å²) in [6, 6.07) is 30.0. The Balaban J connectivity index is 1.44. The molecule has 0 radical (unpaired) electrons. The highest BCUT2D eigenvalue weighted by Crippen LogP contribution is 2.33. The topological polar surface area (TPSA) is 57.2 Å². The van der Waals surface area contributed by atoms with Gasteiger partial charge in [0.2, 0.25) is 0 Å². The first kappa shape index (κ1) is 24.3. The molecule has 1 heterocycles. The molecule has 0 aliphatic carbocycles. The molecule has 6 heteroatoms. The molecule has 5 nitrogen and oxygen atoms in total. The molecular formula is C27H29IO5. The van der Waals surface area contributed by atoms with Gasteiger partial charge in [-0.2, -0.15) is 0 Å². The van der Waals surface area contributed by atoms with Crippen molar-refractivity contribution in [3.63, 3.8) is 0 Å². The molecular weight excluding hydrogens is 531 g/mol. The largest absolute Gasteiger partial charge is 0.374 e. The van der Waals surface area contributed by atoms with E-state index in [2.05, 4.69) is 22.6 Å². The Morgan fingerprint density at radius 1 is 0.758 bits per heavy atom. The zero-order valence-electron chi connectivity index (χ0n) is 18.3. The molecule has 0 aromatic heterocycles. The summed E-state index contributed by atoms with van der Waals surface area (Å²) in [4.78, 5) is 0. The monoisotopic (exact) mass is 560 g/mol. The number of rotatable bonds is 11. The molecule has 3 aromatic rings. The smallest absolute Gasteiger partial charge is 0.169 e. The molecule has 33 heavy (non-hydrogen) atoms. The molecule has 1 aliphatic rings. The minimum Gasteiger partial charge on any atom is -0.374 e. The van der Waals surface area contributed by atoms with E-state index in [1.165, 1.54) is 0 Å². The van der Waals surface area contributed by atoms with Crippen molar-refractivity contribution in [3.05, 3.63) is 108 Å². The summed E-state index contributed by atoms with van der Waals surface area (Å²) in [5, 5.41) is 10.5. The minimum absolute atomic E-state index is 0.215. The Kier molecular flexibility index (Phi) is 9.28. The predicted molar refractivity (Wildman–Crippen MR) is 135 cm³/mol. The number of hydrogen-bond donors (Lipinski definition) is 1. The van der Waals surface area contributed by atoms with Crippen LogP contribution in [0.2, 0.25) is 0 Å². The molecule has 0 amide bonds. The number of benzene rings is 3. The quantitative estimate of drug-likeness (QED) is 0.267. The lowest BCUT2D eigenvalue weighted by atomic mass is 10.1. The Morgan fingerprint density at radius 2 is 1.27 bits per heavy atom. The van der Waals surface area contributed by atoms with Gasteiger partial charge in [0.25, 0.3) is 0 Å². The number of alkyl halides is 1. The van der Waals surface area contributed by atoms with Crippen LogP contribution in [0.5, 0.6) is 0 Å². The van der Waals surface area contributed by atoms with Crippen LogP contribution < -0.4 is 0 Å². The van der Waals surface area contributed by atoms with Gasteiger partial charge in [-0.25, -0.2) is 0 Å². The summed E-state index contributed by atoms with van der Waals surface area (Å²) in [6.45, 7) is 1.67. The fourth-order valence-electron chi connectivity index (χ4n) is 3.79. The van der Waals surface area contributed by atoms with E-state index in [0.717, 1.165) is 16.7 Å². The molecule has 1 saturated heterocycles. The minimum atomic E-state index is -0.923. The summed E-state index contributed by atoms with van der Waals surface area (Å²) in [7, 11) is 0. The fourth-order valence-corrected chi connectivity index (χ4v) is 4.58. The number of aliphatic hydroxyl groups excluding tert-OH is 1. The van der Waals surface area contributed by atoms with Crippen LogP contribution in [0.25, 0.3) is 0 Å². The maximum absolute atomic E-state index is 10.5. The Morgan fingerprint density at radius 3 is 1.85 bits per heavy atom. The zero-order chi connectivity index (χ0) is 22.9. The lowest BCUT2D eigenvalue weighted by molar-refractivity contribution is -0.166. The van der Waals surface area contributed by atoms with Crippen LogP contribution in [0, 0.1) is 0 Å². The van der Waals surface area contributed by atoms with E-state index in [4.69, 9.17) is 18.9 Å². The number of hydrogen-bond acceptors (Lipinski definition) is 5. The maximum Gasteiger partial charge on any atom is 0.169 e. The van der Waals surface area contributed by atoms with Gasteiger partial charge in [0.1, 0.15) is 18.3 Å². The first-order valence-electron chi connectivity index (χ1n) is 11.1. The molecule has 4 rings (SSSR count). The van der Waals surface area contributed by atoms with Crippen molar-refractivity contribution in [3.8, 4) is 0 Å². The summed E-state index contributed by atoms with van der Waals surface area (Å²) in [6.07, 6.45) is -2.11. The second-order valence-electron chi connectivity index (χ2n) is 8.03. The normalized spacial score (nSPS) is 23.5. The van der Waals surface area contributed by atoms with Crippen molar-refractivity contribution in [2.24, 2.45) is 0 Å². The van der Waals surface area contributed by atoms with E-state index in [9.17, 15) is 5.11 Å². The molecule has 0 bridgehead atoms. The number of halogens is 1. The molecule has 1 aliphatic heterocycles. The van der Waals surface area contributed by atoms with E-state index < -0.39 is 18.5 Å². The molecule has 0 spiro atoms. The van der Waals surface area contributed by atoms with E-state index in [1.54, 1.807) is 0 Å². The maximum atomic E-state index is 10.5. The first-order valence-corrected chi connectivity index (χ1v) is 12.4. The van der Waals surface area contributed by atoms with Crippen LogP contribution in [-0.4, -0.2) is 40.2 Å². The Bertz CT molecular complexity index is 941. The van der Waals surface area contributed by atoms with Crippen LogP contribution in [-0.2, 0) is 38.8 Å². The van der Waals surface area contributed by atoms with Gasteiger partial charge in [0.15, 0.2) is 6.29 Å². The number of aliphatic hydroxyl groups is 1. The van der Waals surface area contributed by atoms with Crippen molar-refractivity contribution >= 4 is 22.6 Å². The van der Waals surface area contributed by atoms with E-state index in [-0.39, 0.29) is 10.0 Å². The SMILES string of the molecule is O[C@@H]1O[C@H](C(COCc2ccccc2)OCc2ccccc2)[C@H](OCc2ccccc2)[C@@H]1I. The highest BCUT2D eigenvalue weighted by atomic mass is 127. The molecule has 1 fully saturated rings. The highest BCUT2D eigenvalue weighted by molar-refractivity contribution is 14.1. The number of ether oxygens (including phenoxy) is 4. The van der Waals surface area contributed by atoms with E-state index in [0.29, 0.717) is 26.4 Å². The summed E-state index contributed by atoms with van der Waals surface area (Å²) in [5.74, 6) is 0. The second kappa shape index (κ2) is 12.6. The Labute approximate surface area is 208 Å². The lowest BCUT2D eigenvalue weighted by Crippen LogP contribution is -2.43. The van der Waals surface area contributed by atoms with Gasteiger partial charge < -0.3 is 24.1 Å². The van der Waals surface area contributed by atoms with Gasteiger partial charge in [-0.1, -0.05) is 114 Å². The van der Waals surface area contributed by atoms with Gasteiger partial charge in [0, 0.05) is 0 Å². The lowest BCUT2D eigenvalue weighted by Gasteiger charge is -2.28. The van der Waals surface area contributed by atoms with Crippen LogP contribution in [0.1, 0.15) is 16.7 Å². The van der Waals surface area contributed by atoms with E-state index >= 15 is 0 Å². The van der Waals surface area contributed by atoms with Gasteiger partial charge in [-0.05, 0) is 16.7 Å². The third-order valence-electron chi connectivity index (χ3n) is 5.56. The van der Waals surface area contributed by atoms with Gasteiger partial charge in [-0.15, -0.1) is 0 Å².